The molecule has 6 rings (SSSR count). The molecule has 13 heteroatoms. The van der Waals surface area contributed by atoms with Crippen LogP contribution in [-0.4, -0.2) is 47.0 Å². The predicted octanol–water partition coefficient (Wildman–Crippen LogP) is 5.33. The van der Waals surface area contributed by atoms with Crippen molar-refractivity contribution in [3.8, 4) is 39.5 Å². The lowest BCUT2D eigenvalue weighted by atomic mass is 9.98. The summed E-state index contributed by atoms with van der Waals surface area (Å²) in [5.41, 5.74) is 8.69. The minimum absolute atomic E-state index is 0.231. The maximum atomic E-state index is 12.9. The first-order valence-electron chi connectivity index (χ1n) is 15.1. The maximum absolute atomic E-state index is 12.9. The van der Waals surface area contributed by atoms with Crippen molar-refractivity contribution in [3.63, 3.8) is 0 Å². The average Bonchev–Trinajstić information content (AvgIpc) is 3.69. The Morgan fingerprint density at radius 2 is 1.72 bits per heavy atom. The molecular formula is C34H34Cl2N8O3. The monoisotopic (exact) mass is 672 g/mol. The fraction of sp³-hybridized carbons (Fsp3) is 0.235. The van der Waals surface area contributed by atoms with Crippen LogP contribution in [0.4, 0.5) is 0 Å². The Hall–Kier alpha value is -4.68. The Morgan fingerprint density at radius 3 is 2.40 bits per heavy atom. The van der Waals surface area contributed by atoms with Crippen molar-refractivity contribution < 1.29 is 9.57 Å². The number of hydrogen-bond donors (Lipinski definition) is 5. The lowest BCUT2D eigenvalue weighted by Gasteiger charge is -2.15. The molecule has 0 unspecified atom stereocenters. The van der Waals surface area contributed by atoms with E-state index in [2.05, 4.69) is 49.5 Å². The van der Waals surface area contributed by atoms with Crippen LogP contribution in [0.3, 0.4) is 0 Å². The highest BCUT2D eigenvalue weighted by Crippen LogP contribution is 2.41. The summed E-state index contributed by atoms with van der Waals surface area (Å²) in [5.74, 6) is 1.30. The van der Waals surface area contributed by atoms with Crippen molar-refractivity contribution in [3.05, 3.63) is 111 Å². The number of halogens is 2. The molecule has 1 atom stereocenters. The zero-order chi connectivity index (χ0) is 32.9. The molecule has 4 heterocycles. The third-order valence-corrected chi connectivity index (χ3v) is 8.70. The molecule has 1 saturated heterocycles. The second-order valence-corrected chi connectivity index (χ2v) is 11.9. The number of allylic oxidation sites excluding steroid dienone is 1. The summed E-state index contributed by atoms with van der Waals surface area (Å²) >= 11 is 14.0. The molecule has 0 saturated carbocycles. The lowest BCUT2D eigenvalue weighted by Crippen LogP contribution is -2.33. The summed E-state index contributed by atoms with van der Waals surface area (Å²) in [6, 6.07) is 15.2. The van der Waals surface area contributed by atoms with Crippen LogP contribution in [0, 0.1) is 0 Å². The number of nitrogens with zero attached hydrogens (tertiary/aromatic N) is 3. The number of rotatable bonds is 12. The van der Waals surface area contributed by atoms with E-state index in [4.69, 9.17) is 37.8 Å². The van der Waals surface area contributed by atoms with Crippen molar-refractivity contribution in [1.29, 1.82) is 0 Å². The van der Waals surface area contributed by atoms with E-state index in [1.165, 1.54) is 0 Å². The minimum atomic E-state index is -0.231. The molecule has 0 radical (unpaired) electrons. The molecule has 0 aliphatic carbocycles. The lowest BCUT2D eigenvalue weighted by molar-refractivity contribution is 0.178. The number of methoxy groups -OCH3 is 1. The van der Waals surface area contributed by atoms with E-state index in [-0.39, 0.29) is 5.56 Å². The highest BCUT2D eigenvalue weighted by molar-refractivity contribution is 6.39. The van der Waals surface area contributed by atoms with Gasteiger partial charge in [0.25, 0.3) is 5.56 Å². The second kappa shape index (κ2) is 14.4. The van der Waals surface area contributed by atoms with Gasteiger partial charge >= 0.3 is 0 Å². The number of aromatic amines is 1. The molecule has 4 aromatic rings. The third kappa shape index (κ3) is 7.34. The predicted molar refractivity (Wildman–Crippen MR) is 185 cm³/mol. The van der Waals surface area contributed by atoms with Crippen LogP contribution in [0.1, 0.15) is 24.1 Å². The van der Waals surface area contributed by atoms with E-state index in [0.717, 1.165) is 25.1 Å². The first-order chi connectivity index (χ1) is 22.8. The number of benzene rings is 2. The number of amidine groups is 1. The summed E-state index contributed by atoms with van der Waals surface area (Å²) < 4.78 is 5.60. The molecule has 0 amide bonds. The van der Waals surface area contributed by atoms with Gasteiger partial charge in [0.2, 0.25) is 11.8 Å². The first-order valence-corrected chi connectivity index (χ1v) is 15.8. The number of ether oxygens (including phenoxy) is 1. The Balaban J connectivity index is 1.20. The Labute approximate surface area is 282 Å². The Bertz CT molecular complexity index is 1930. The van der Waals surface area contributed by atoms with Crippen molar-refractivity contribution in [2.24, 2.45) is 4.99 Å². The summed E-state index contributed by atoms with van der Waals surface area (Å²) in [7, 11) is 1.58. The number of hydrogen-bond acceptors (Lipinski definition) is 10. The molecule has 2 aromatic heterocycles. The summed E-state index contributed by atoms with van der Waals surface area (Å²) in [6.45, 7) is 9.63. The van der Waals surface area contributed by atoms with Crippen molar-refractivity contribution in [2.75, 3.05) is 20.2 Å². The van der Waals surface area contributed by atoms with Crippen LogP contribution in [0.15, 0.2) is 89.3 Å². The van der Waals surface area contributed by atoms with Crippen LogP contribution in [-0.2, 0) is 17.9 Å². The molecule has 2 aliphatic heterocycles. The van der Waals surface area contributed by atoms with Gasteiger partial charge < -0.3 is 30.5 Å². The largest absolute Gasteiger partial charge is 0.480 e. The zero-order valence-corrected chi connectivity index (χ0v) is 27.3. The number of aromatic nitrogens is 3. The van der Waals surface area contributed by atoms with Crippen LogP contribution in [0.5, 0.6) is 5.88 Å². The molecule has 0 bridgehead atoms. The fourth-order valence-corrected chi connectivity index (χ4v) is 6.16. The van der Waals surface area contributed by atoms with E-state index in [1.807, 2.05) is 42.5 Å². The molecule has 5 N–H and O–H groups in total. The third-order valence-electron chi connectivity index (χ3n) is 7.89. The minimum Gasteiger partial charge on any atom is -0.480 e. The van der Waals surface area contributed by atoms with Crippen LogP contribution in [0.2, 0.25) is 10.0 Å². The quantitative estimate of drug-likeness (QED) is 0.135. The van der Waals surface area contributed by atoms with Gasteiger partial charge in [-0.1, -0.05) is 72.2 Å². The smallest absolute Gasteiger partial charge is 0.252 e. The molecule has 1 fully saturated rings. The van der Waals surface area contributed by atoms with Crippen molar-refractivity contribution >= 4 is 29.0 Å². The normalized spacial score (nSPS) is 15.6. The van der Waals surface area contributed by atoms with Gasteiger partial charge in [-0.3, -0.25) is 9.78 Å². The fourth-order valence-electron chi connectivity index (χ4n) is 5.50. The molecule has 2 aliphatic rings. The topological polar surface area (TPSA) is 138 Å². The number of aliphatic imine (C=N–C) groups is 1. The van der Waals surface area contributed by atoms with E-state index in [1.54, 1.807) is 19.4 Å². The van der Waals surface area contributed by atoms with E-state index >= 15 is 0 Å². The molecule has 242 valence electrons. The van der Waals surface area contributed by atoms with Gasteiger partial charge in [-0.05, 0) is 25.5 Å². The Kier molecular flexibility index (Phi) is 9.88. The number of H-pyrrole nitrogens is 1. The van der Waals surface area contributed by atoms with E-state index in [9.17, 15) is 4.79 Å². The van der Waals surface area contributed by atoms with Crippen LogP contribution >= 0.6 is 23.2 Å². The van der Waals surface area contributed by atoms with Gasteiger partial charge in [0.05, 0.1) is 35.6 Å². The summed E-state index contributed by atoms with van der Waals surface area (Å²) in [4.78, 5) is 34.4. The van der Waals surface area contributed by atoms with Gasteiger partial charge in [0.15, 0.2) is 5.84 Å². The van der Waals surface area contributed by atoms with Gasteiger partial charge in [-0.25, -0.2) is 10.5 Å². The standard InChI is InChI=1S/C34H34Cl2N8O3/c1-19-10-12-22(40-19)15-38-16-29-34(46-3)43-28(17-39-29)26-9-5-7-24(32(26)36)23-6-4-8-25(31(23)35)27-13-11-21(33(45)42-27)14-37-18-30-41-20(2)47-44-30/h4-9,11,13,17,22,37-38,40H,1-2,10,12,14-16,18H2,3H3,(H,41,44)(H,42,45)/t22-/m0/s1. The van der Waals surface area contributed by atoms with Gasteiger partial charge in [-0.15, -0.1) is 0 Å². The highest BCUT2D eigenvalue weighted by atomic mass is 35.5. The maximum Gasteiger partial charge on any atom is 0.252 e. The van der Waals surface area contributed by atoms with Gasteiger partial charge in [0.1, 0.15) is 5.69 Å². The molecule has 11 nitrogen and oxygen atoms in total. The first kappa shape index (κ1) is 32.3. The SMILES string of the molecule is C=C1CC[C@@H](CNCc2ncc(-c3cccc(-c4cccc(-c5ccc(CNCC6=NC(=C)ON6)c(=O)[nH]5)c4Cl)c3Cl)nc2OC)N1. The van der Waals surface area contributed by atoms with E-state index < -0.39 is 0 Å². The van der Waals surface area contributed by atoms with Crippen LogP contribution in [0.25, 0.3) is 33.6 Å². The highest BCUT2D eigenvalue weighted by Gasteiger charge is 2.20. The van der Waals surface area contributed by atoms with Crippen molar-refractivity contribution in [1.82, 2.24) is 36.4 Å². The molecule has 2 aromatic carbocycles. The Morgan fingerprint density at radius 1 is 0.979 bits per heavy atom. The summed E-state index contributed by atoms with van der Waals surface area (Å²) in [6.07, 6.45) is 3.75. The number of pyridine rings is 1. The van der Waals surface area contributed by atoms with Gasteiger partial charge in [0, 0.05) is 64.9 Å². The summed E-state index contributed by atoms with van der Waals surface area (Å²) in [5, 5.41) is 10.9. The number of hydroxylamine groups is 1. The zero-order valence-electron chi connectivity index (χ0n) is 25.8. The molecular weight excluding hydrogens is 639 g/mol. The molecule has 0 spiro atoms. The van der Waals surface area contributed by atoms with E-state index in [0.29, 0.717) is 98.2 Å². The van der Waals surface area contributed by atoms with Crippen molar-refractivity contribution in [2.45, 2.75) is 32.0 Å². The average molecular weight is 674 g/mol. The second-order valence-electron chi connectivity index (χ2n) is 11.1. The van der Waals surface area contributed by atoms with Crippen LogP contribution < -0.4 is 31.7 Å². The van der Waals surface area contributed by atoms with Gasteiger partial charge in [-0.2, -0.15) is 4.99 Å². The number of nitrogens with one attached hydrogen (secondary N) is 5. The molecule has 47 heavy (non-hydrogen) atoms.